The molecule has 28 heavy (non-hydrogen) atoms. The molecule has 0 aliphatic heterocycles. The number of hydrogen-bond donors (Lipinski definition) is 2. The number of amides is 2. The van der Waals surface area contributed by atoms with Crippen molar-refractivity contribution in [3.8, 4) is 11.5 Å². The maximum atomic E-state index is 12.4. The smallest absolute Gasteiger partial charge is 0.251 e. The van der Waals surface area contributed by atoms with Gasteiger partial charge < -0.3 is 24.8 Å². The van der Waals surface area contributed by atoms with Gasteiger partial charge in [0, 0.05) is 31.3 Å². The summed E-state index contributed by atoms with van der Waals surface area (Å²) >= 11 is 0. The zero-order valence-corrected chi connectivity index (χ0v) is 16.4. The zero-order chi connectivity index (χ0) is 20.4. The van der Waals surface area contributed by atoms with Crippen LogP contribution in [0.2, 0.25) is 0 Å². The van der Waals surface area contributed by atoms with E-state index in [9.17, 15) is 9.59 Å². The van der Waals surface area contributed by atoms with Crippen LogP contribution in [-0.4, -0.2) is 52.8 Å². The van der Waals surface area contributed by atoms with Crippen LogP contribution >= 0.6 is 0 Å². The van der Waals surface area contributed by atoms with E-state index >= 15 is 0 Å². The largest absolute Gasteiger partial charge is 0.493 e. The SMILES string of the molecule is COCCNC(=O)c1cccc(C(=O)NCCc2ccc(OC)c(OC)c2)c1. The molecule has 0 unspecified atom stereocenters. The van der Waals surface area contributed by atoms with Crippen molar-refractivity contribution in [3.05, 3.63) is 59.2 Å². The van der Waals surface area contributed by atoms with Gasteiger partial charge in [-0.1, -0.05) is 12.1 Å². The molecule has 7 heteroatoms. The van der Waals surface area contributed by atoms with Crippen LogP contribution in [0, 0.1) is 0 Å². The van der Waals surface area contributed by atoms with Crippen LogP contribution in [0.3, 0.4) is 0 Å². The molecule has 2 aromatic rings. The van der Waals surface area contributed by atoms with Gasteiger partial charge >= 0.3 is 0 Å². The molecule has 0 aliphatic rings. The highest BCUT2D eigenvalue weighted by molar-refractivity contribution is 5.99. The Labute approximate surface area is 165 Å². The van der Waals surface area contributed by atoms with Gasteiger partial charge in [0.1, 0.15) is 0 Å². The summed E-state index contributed by atoms with van der Waals surface area (Å²) < 4.78 is 15.4. The fraction of sp³-hybridized carbons (Fsp3) is 0.333. The molecule has 0 heterocycles. The third kappa shape index (κ3) is 5.99. The van der Waals surface area contributed by atoms with Crippen molar-refractivity contribution in [2.45, 2.75) is 6.42 Å². The first-order valence-corrected chi connectivity index (χ1v) is 8.95. The maximum Gasteiger partial charge on any atom is 0.251 e. The van der Waals surface area contributed by atoms with Crippen molar-refractivity contribution in [1.82, 2.24) is 10.6 Å². The predicted octanol–water partition coefficient (Wildman–Crippen LogP) is 2.05. The lowest BCUT2D eigenvalue weighted by Crippen LogP contribution is -2.28. The summed E-state index contributed by atoms with van der Waals surface area (Å²) in [6.07, 6.45) is 0.642. The number of rotatable bonds is 10. The van der Waals surface area contributed by atoms with Gasteiger partial charge in [-0.25, -0.2) is 0 Å². The molecule has 0 radical (unpaired) electrons. The van der Waals surface area contributed by atoms with Gasteiger partial charge in [-0.15, -0.1) is 0 Å². The van der Waals surface area contributed by atoms with Crippen LogP contribution in [0.4, 0.5) is 0 Å². The van der Waals surface area contributed by atoms with Gasteiger partial charge in [-0.3, -0.25) is 9.59 Å². The van der Waals surface area contributed by atoms with Crippen LogP contribution in [0.5, 0.6) is 11.5 Å². The molecule has 2 N–H and O–H groups in total. The second kappa shape index (κ2) is 10.9. The van der Waals surface area contributed by atoms with Crippen molar-refractivity contribution >= 4 is 11.8 Å². The number of benzene rings is 2. The van der Waals surface area contributed by atoms with Gasteiger partial charge in [0.25, 0.3) is 11.8 Å². The molecule has 0 bridgehead atoms. The maximum absolute atomic E-state index is 12.4. The Morgan fingerprint density at radius 3 is 2.07 bits per heavy atom. The molecule has 0 saturated carbocycles. The van der Waals surface area contributed by atoms with E-state index in [2.05, 4.69) is 10.6 Å². The molecule has 7 nitrogen and oxygen atoms in total. The summed E-state index contributed by atoms with van der Waals surface area (Å²) in [4.78, 5) is 24.5. The first kappa shape index (κ1) is 21.2. The number of ether oxygens (including phenoxy) is 3. The molecule has 0 aliphatic carbocycles. The number of carbonyl (C=O) groups excluding carboxylic acids is 2. The quantitative estimate of drug-likeness (QED) is 0.611. The van der Waals surface area contributed by atoms with E-state index in [1.807, 2.05) is 18.2 Å². The first-order chi connectivity index (χ1) is 13.6. The van der Waals surface area contributed by atoms with Crippen LogP contribution in [0.25, 0.3) is 0 Å². The summed E-state index contributed by atoms with van der Waals surface area (Å²) in [6.45, 7) is 1.30. The Morgan fingerprint density at radius 2 is 1.46 bits per heavy atom. The van der Waals surface area contributed by atoms with Crippen molar-refractivity contribution in [3.63, 3.8) is 0 Å². The molecule has 0 saturated heterocycles. The molecular formula is C21H26N2O5. The van der Waals surface area contributed by atoms with E-state index in [1.165, 1.54) is 0 Å². The molecular weight excluding hydrogens is 360 g/mol. The van der Waals surface area contributed by atoms with Gasteiger partial charge in [0.15, 0.2) is 11.5 Å². The van der Waals surface area contributed by atoms with E-state index in [0.717, 1.165) is 5.56 Å². The molecule has 2 rings (SSSR count). The lowest BCUT2D eigenvalue weighted by atomic mass is 10.1. The lowest BCUT2D eigenvalue weighted by Gasteiger charge is -2.10. The normalized spacial score (nSPS) is 10.2. The third-order valence-corrected chi connectivity index (χ3v) is 4.13. The standard InChI is InChI=1S/C21H26N2O5/c1-26-12-11-23-21(25)17-6-4-5-16(14-17)20(24)22-10-9-15-7-8-18(27-2)19(13-15)28-3/h4-8,13-14H,9-12H2,1-3H3,(H,22,24)(H,23,25). The second-order valence-electron chi connectivity index (χ2n) is 6.02. The summed E-state index contributed by atoms with van der Waals surface area (Å²) in [5, 5.41) is 5.60. The minimum Gasteiger partial charge on any atom is -0.493 e. The van der Waals surface area contributed by atoms with E-state index in [0.29, 0.717) is 48.7 Å². The van der Waals surface area contributed by atoms with E-state index in [4.69, 9.17) is 14.2 Å². The fourth-order valence-electron chi connectivity index (χ4n) is 2.63. The van der Waals surface area contributed by atoms with Crippen LogP contribution < -0.4 is 20.1 Å². The minimum absolute atomic E-state index is 0.230. The molecule has 0 atom stereocenters. The molecule has 0 spiro atoms. The Balaban J connectivity index is 1.91. The Bertz CT molecular complexity index is 807. The number of methoxy groups -OCH3 is 3. The summed E-state index contributed by atoms with van der Waals surface area (Å²) in [5.74, 6) is 0.846. The highest BCUT2D eigenvalue weighted by Gasteiger charge is 2.10. The fourth-order valence-corrected chi connectivity index (χ4v) is 2.63. The number of carbonyl (C=O) groups is 2. The Hall–Kier alpha value is -3.06. The first-order valence-electron chi connectivity index (χ1n) is 8.95. The molecule has 2 amide bonds. The van der Waals surface area contributed by atoms with Crippen LogP contribution in [0.1, 0.15) is 26.3 Å². The third-order valence-electron chi connectivity index (χ3n) is 4.13. The summed E-state index contributed by atoms with van der Waals surface area (Å²) in [6, 6.07) is 12.3. The lowest BCUT2D eigenvalue weighted by molar-refractivity contribution is 0.0937. The van der Waals surface area contributed by atoms with E-state index in [1.54, 1.807) is 45.6 Å². The van der Waals surface area contributed by atoms with Crippen molar-refractivity contribution in [1.29, 1.82) is 0 Å². The minimum atomic E-state index is -0.239. The topological polar surface area (TPSA) is 85.9 Å². The average molecular weight is 386 g/mol. The zero-order valence-electron chi connectivity index (χ0n) is 16.4. The van der Waals surface area contributed by atoms with Crippen LogP contribution in [0.15, 0.2) is 42.5 Å². The molecule has 0 aromatic heterocycles. The van der Waals surface area contributed by atoms with Crippen LogP contribution in [-0.2, 0) is 11.2 Å². The van der Waals surface area contributed by atoms with E-state index in [-0.39, 0.29) is 11.8 Å². The summed E-state index contributed by atoms with van der Waals surface area (Å²) in [7, 11) is 4.74. The van der Waals surface area contributed by atoms with Gasteiger partial charge in [0.2, 0.25) is 0 Å². The molecule has 150 valence electrons. The molecule has 2 aromatic carbocycles. The second-order valence-corrected chi connectivity index (χ2v) is 6.02. The number of hydrogen-bond acceptors (Lipinski definition) is 5. The highest BCUT2D eigenvalue weighted by Crippen LogP contribution is 2.27. The van der Waals surface area contributed by atoms with Gasteiger partial charge in [0.05, 0.1) is 20.8 Å². The van der Waals surface area contributed by atoms with Crippen molar-refractivity contribution < 1.29 is 23.8 Å². The predicted molar refractivity (Wildman–Crippen MR) is 106 cm³/mol. The highest BCUT2D eigenvalue weighted by atomic mass is 16.5. The summed E-state index contributed by atoms with van der Waals surface area (Å²) in [5.41, 5.74) is 1.89. The average Bonchev–Trinajstić information content (AvgIpc) is 2.73. The Kier molecular flexibility index (Phi) is 8.30. The van der Waals surface area contributed by atoms with Crippen molar-refractivity contribution in [2.75, 3.05) is 41.0 Å². The molecule has 0 fully saturated rings. The monoisotopic (exact) mass is 386 g/mol. The van der Waals surface area contributed by atoms with Gasteiger partial charge in [-0.05, 0) is 42.3 Å². The van der Waals surface area contributed by atoms with E-state index < -0.39 is 0 Å². The Morgan fingerprint density at radius 1 is 0.821 bits per heavy atom. The number of nitrogens with one attached hydrogen (secondary N) is 2. The van der Waals surface area contributed by atoms with Gasteiger partial charge in [-0.2, -0.15) is 0 Å². The van der Waals surface area contributed by atoms with Crippen molar-refractivity contribution in [2.24, 2.45) is 0 Å².